The predicted molar refractivity (Wildman–Crippen MR) is 92.8 cm³/mol. The summed E-state index contributed by atoms with van der Waals surface area (Å²) >= 11 is 0. The Labute approximate surface area is 147 Å². The van der Waals surface area contributed by atoms with Crippen molar-refractivity contribution in [3.05, 3.63) is 54.1 Å². The standard InChI is InChI=1S/C19H23N3O3/c1-14-20-10-13-21(14)11-5-12-22-17(23)9-8-16(19(24)25)18(22)15-6-3-2-4-7-15/h2-4,6-7,10,13,16,18H,5,8-9,11-12H2,1H3,(H,24,25). The van der Waals surface area contributed by atoms with E-state index in [1.54, 1.807) is 11.1 Å². The van der Waals surface area contributed by atoms with Gasteiger partial charge in [0.25, 0.3) is 0 Å². The Balaban J connectivity index is 1.78. The molecule has 2 aromatic rings. The third-order valence-electron chi connectivity index (χ3n) is 4.89. The lowest BCUT2D eigenvalue weighted by Gasteiger charge is -2.40. The van der Waals surface area contributed by atoms with Crippen LogP contribution in [-0.2, 0) is 16.1 Å². The minimum absolute atomic E-state index is 0.0358. The highest BCUT2D eigenvalue weighted by Crippen LogP contribution is 2.37. The molecular weight excluding hydrogens is 318 g/mol. The van der Waals surface area contributed by atoms with E-state index < -0.39 is 17.9 Å². The molecule has 1 fully saturated rings. The molecule has 6 heteroatoms. The summed E-state index contributed by atoms with van der Waals surface area (Å²) in [5, 5.41) is 9.64. The number of rotatable bonds is 6. The minimum atomic E-state index is -0.836. The van der Waals surface area contributed by atoms with Crippen molar-refractivity contribution >= 4 is 11.9 Å². The van der Waals surface area contributed by atoms with Gasteiger partial charge in [-0.25, -0.2) is 4.98 Å². The van der Waals surface area contributed by atoms with Crippen LogP contribution < -0.4 is 0 Å². The second-order valence-electron chi connectivity index (χ2n) is 6.45. The van der Waals surface area contributed by atoms with E-state index in [0.717, 1.165) is 24.4 Å². The van der Waals surface area contributed by atoms with Crippen molar-refractivity contribution in [3.8, 4) is 0 Å². The first-order valence-electron chi connectivity index (χ1n) is 8.63. The Morgan fingerprint density at radius 3 is 2.68 bits per heavy atom. The number of amides is 1. The number of carboxylic acids is 1. The SMILES string of the molecule is Cc1nccn1CCCN1C(=O)CCC(C(=O)O)C1c1ccccc1. The maximum absolute atomic E-state index is 12.5. The van der Waals surface area contributed by atoms with Gasteiger partial charge >= 0.3 is 5.97 Å². The number of carbonyl (C=O) groups is 2. The second kappa shape index (κ2) is 7.51. The van der Waals surface area contributed by atoms with Gasteiger partial charge in [-0.2, -0.15) is 0 Å². The van der Waals surface area contributed by atoms with Gasteiger partial charge in [0.05, 0.1) is 12.0 Å². The number of imidazole rings is 1. The molecule has 0 saturated carbocycles. The van der Waals surface area contributed by atoms with Gasteiger partial charge in [0, 0.05) is 31.9 Å². The van der Waals surface area contributed by atoms with Gasteiger partial charge in [-0.1, -0.05) is 30.3 Å². The lowest BCUT2D eigenvalue weighted by molar-refractivity contribution is -0.152. The van der Waals surface area contributed by atoms with Gasteiger partial charge < -0.3 is 14.6 Å². The molecule has 0 bridgehead atoms. The number of aryl methyl sites for hydroxylation is 2. The van der Waals surface area contributed by atoms with Gasteiger partial charge in [-0.3, -0.25) is 9.59 Å². The van der Waals surface area contributed by atoms with E-state index in [9.17, 15) is 14.7 Å². The summed E-state index contributed by atoms with van der Waals surface area (Å²) in [6.07, 6.45) is 5.13. The largest absolute Gasteiger partial charge is 0.481 e. The fourth-order valence-electron chi connectivity index (χ4n) is 3.59. The molecule has 2 unspecified atom stereocenters. The third kappa shape index (κ3) is 3.73. The highest BCUT2D eigenvalue weighted by molar-refractivity contribution is 5.81. The molecular formula is C19H23N3O3. The lowest BCUT2D eigenvalue weighted by Crippen LogP contribution is -2.45. The first-order valence-corrected chi connectivity index (χ1v) is 8.63. The molecule has 1 saturated heterocycles. The zero-order valence-corrected chi connectivity index (χ0v) is 14.3. The van der Waals surface area contributed by atoms with Crippen LogP contribution in [0.1, 0.15) is 36.7 Å². The number of piperidine rings is 1. The molecule has 1 aliphatic rings. The average molecular weight is 341 g/mol. The molecule has 1 N–H and O–H groups in total. The van der Waals surface area contributed by atoms with Crippen molar-refractivity contribution in [1.82, 2.24) is 14.5 Å². The summed E-state index contributed by atoms with van der Waals surface area (Å²) in [4.78, 5) is 30.2. The van der Waals surface area contributed by atoms with Crippen LogP contribution in [-0.4, -0.2) is 38.0 Å². The number of hydrogen-bond acceptors (Lipinski definition) is 3. The summed E-state index contributed by atoms with van der Waals surface area (Å²) in [5.74, 6) is -0.423. The number of nitrogens with zero attached hydrogens (tertiary/aromatic N) is 3. The van der Waals surface area contributed by atoms with Crippen LogP contribution in [0.25, 0.3) is 0 Å². The van der Waals surface area contributed by atoms with Crippen LogP contribution in [0.5, 0.6) is 0 Å². The molecule has 2 atom stereocenters. The Bertz CT molecular complexity index is 741. The van der Waals surface area contributed by atoms with Gasteiger partial charge in [0.2, 0.25) is 5.91 Å². The monoisotopic (exact) mass is 341 g/mol. The molecule has 1 amide bonds. The lowest BCUT2D eigenvalue weighted by atomic mass is 9.84. The number of likely N-dealkylation sites (tertiary alicyclic amines) is 1. The fourth-order valence-corrected chi connectivity index (χ4v) is 3.59. The van der Waals surface area contributed by atoms with Crippen molar-refractivity contribution in [2.24, 2.45) is 5.92 Å². The van der Waals surface area contributed by atoms with Crippen LogP contribution >= 0.6 is 0 Å². The van der Waals surface area contributed by atoms with Crippen LogP contribution in [0, 0.1) is 12.8 Å². The molecule has 1 aromatic carbocycles. The number of aliphatic carboxylic acids is 1. The normalized spacial score (nSPS) is 20.7. The van der Waals surface area contributed by atoms with Crippen LogP contribution in [0.15, 0.2) is 42.7 Å². The van der Waals surface area contributed by atoms with E-state index in [1.165, 1.54) is 0 Å². The smallest absolute Gasteiger partial charge is 0.308 e. The zero-order chi connectivity index (χ0) is 17.8. The molecule has 6 nitrogen and oxygen atoms in total. The van der Waals surface area contributed by atoms with Crippen molar-refractivity contribution in [2.75, 3.05) is 6.54 Å². The van der Waals surface area contributed by atoms with Crippen LogP contribution in [0.2, 0.25) is 0 Å². The van der Waals surface area contributed by atoms with Crippen molar-refractivity contribution in [3.63, 3.8) is 0 Å². The minimum Gasteiger partial charge on any atom is -0.481 e. The Kier molecular flexibility index (Phi) is 5.16. The molecule has 0 aliphatic carbocycles. The summed E-state index contributed by atoms with van der Waals surface area (Å²) in [6.45, 7) is 3.24. The summed E-state index contributed by atoms with van der Waals surface area (Å²) in [5.41, 5.74) is 0.891. The Morgan fingerprint density at radius 1 is 1.28 bits per heavy atom. The van der Waals surface area contributed by atoms with E-state index in [-0.39, 0.29) is 5.91 Å². The molecule has 0 spiro atoms. The summed E-state index contributed by atoms with van der Waals surface area (Å²) in [6, 6.07) is 9.10. The molecule has 0 radical (unpaired) electrons. The molecule has 132 valence electrons. The number of hydrogen-bond donors (Lipinski definition) is 1. The van der Waals surface area contributed by atoms with E-state index in [4.69, 9.17) is 0 Å². The molecule has 3 rings (SSSR count). The van der Waals surface area contributed by atoms with Crippen molar-refractivity contribution < 1.29 is 14.7 Å². The van der Waals surface area contributed by atoms with Gasteiger partial charge in [0.15, 0.2) is 0 Å². The van der Waals surface area contributed by atoms with Crippen LogP contribution in [0.3, 0.4) is 0 Å². The van der Waals surface area contributed by atoms with Gasteiger partial charge in [0.1, 0.15) is 5.82 Å². The topological polar surface area (TPSA) is 75.4 Å². The van der Waals surface area contributed by atoms with Crippen LogP contribution in [0.4, 0.5) is 0 Å². The highest BCUT2D eigenvalue weighted by atomic mass is 16.4. The second-order valence-corrected chi connectivity index (χ2v) is 6.45. The number of benzene rings is 1. The maximum atomic E-state index is 12.5. The third-order valence-corrected chi connectivity index (χ3v) is 4.89. The van der Waals surface area contributed by atoms with Crippen molar-refractivity contribution in [2.45, 2.75) is 38.8 Å². The van der Waals surface area contributed by atoms with E-state index >= 15 is 0 Å². The Hall–Kier alpha value is -2.63. The predicted octanol–water partition coefficient (Wildman–Crippen LogP) is 2.65. The quantitative estimate of drug-likeness (QED) is 0.876. The number of aromatic nitrogens is 2. The molecule has 1 aliphatic heterocycles. The summed E-state index contributed by atoms with van der Waals surface area (Å²) < 4.78 is 2.04. The maximum Gasteiger partial charge on any atom is 0.308 e. The van der Waals surface area contributed by atoms with Crippen molar-refractivity contribution in [1.29, 1.82) is 0 Å². The number of carboxylic acid groups (broad SMARTS) is 1. The first-order chi connectivity index (χ1) is 12.1. The molecule has 25 heavy (non-hydrogen) atoms. The van der Waals surface area contributed by atoms with E-state index in [0.29, 0.717) is 19.4 Å². The van der Waals surface area contributed by atoms with Gasteiger partial charge in [-0.05, 0) is 25.3 Å². The first kappa shape index (κ1) is 17.2. The van der Waals surface area contributed by atoms with E-state index in [1.807, 2.05) is 48.0 Å². The number of carbonyl (C=O) groups excluding carboxylic acids is 1. The Morgan fingerprint density at radius 2 is 2.04 bits per heavy atom. The van der Waals surface area contributed by atoms with E-state index in [2.05, 4.69) is 4.98 Å². The fraction of sp³-hybridized carbons (Fsp3) is 0.421. The zero-order valence-electron chi connectivity index (χ0n) is 14.3. The average Bonchev–Trinajstić information content (AvgIpc) is 3.01. The van der Waals surface area contributed by atoms with Gasteiger partial charge in [-0.15, -0.1) is 0 Å². The highest BCUT2D eigenvalue weighted by Gasteiger charge is 2.40. The molecule has 1 aromatic heterocycles. The summed E-state index contributed by atoms with van der Waals surface area (Å²) in [7, 11) is 0. The molecule has 2 heterocycles.